The first-order chi connectivity index (χ1) is 14.8. The van der Waals surface area contributed by atoms with E-state index in [-0.39, 0.29) is 5.75 Å². The first-order valence-electron chi connectivity index (χ1n) is 9.28. The van der Waals surface area contributed by atoms with Crippen LogP contribution in [0.3, 0.4) is 0 Å². The van der Waals surface area contributed by atoms with E-state index in [9.17, 15) is 5.11 Å². The summed E-state index contributed by atoms with van der Waals surface area (Å²) in [5.74, 6) is 0.805. The minimum absolute atomic E-state index is 0.130. The maximum atomic E-state index is 9.76. The van der Waals surface area contributed by atoms with Gasteiger partial charge in [0, 0.05) is 23.3 Å². The number of fused-ring (bicyclic) bond motifs is 2. The van der Waals surface area contributed by atoms with Gasteiger partial charge in [-0.15, -0.1) is 11.3 Å². The summed E-state index contributed by atoms with van der Waals surface area (Å²) in [5, 5.41) is 20.3. The molecule has 0 saturated carbocycles. The largest absolute Gasteiger partial charge is 0.506 e. The van der Waals surface area contributed by atoms with Gasteiger partial charge in [0.25, 0.3) is 0 Å². The third-order valence-corrected chi connectivity index (χ3v) is 5.88. The number of aromatic amines is 2. The number of hydrogen-bond acceptors (Lipinski definition) is 6. The fourth-order valence-corrected chi connectivity index (χ4v) is 4.32. The van der Waals surface area contributed by atoms with E-state index in [1.165, 1.54) is 6.20 Å². The summed E-state index contributed by atoms with van der Waals surface area (Å²) >= 11 is 1.64. The van der Waals surface area contributed by atoms with Crippen molar-refractivity contribution in [3.63, 3.8) is 0 Å². The fourth-order valence-electron chi connectivity index (χ4n) is 3.60. The highest BCUT2D eigenvalue weighted by Crippen LogP contribution is 2.33. The average Bonchev–Trinajstić information content (AvgIpc) is 3.51. The van der Waals surface area contributed by atoms with Crippen molar-refractivity contribution >= 4 is 33.3 Å². The second kappa shape index (κ2) is 6.50. The molecule has 0 aliphatic rings. The molecule has 3 N–H and O–H groups in total. The summed E-state index contributed by atoms with van der Waals surface area (Å²) in [4.78, 5) is 17.9. The number of rotatable bonds is 3. The van der Waals surface area contributed by atoms with Gasteiger partial charge in [-0.05, 0) is 41.3 Å². The van der Waals surface area contributed by atoms with Crippen molar-refractivity contribution < 1.29 is 5.11 Å². The number of benzene rings is 1. The predicted molar refractivity (Wildman–Crippen MR) is 117 cm³/mol. The van der Waals surface area contributed by atoms with Crippen molar-refractivity contribution in [2.45, 2.75) is 0 Å². The summed E-state index contributed by atoms with van der Waals surface area (Å²) in [5.41, 5.74) is 5.99. The Morgan fingerprint density at radius 1 is 0.933 bits per heavy atom. The number of nitrogens with zero attached hydrogens (tertiary/aromatic N) is 4. The van der Waals surface area contributed by atoms with Gasteiger partial charge in [0.2, 0.25) is 0 Å². The fraction of sp³-hybridized carbons (Fsp3) is 0. The molecule has 7 nitrogen and oxygen atoms in total. The molecule has 0 aliphatic heterocycles. The van der Waals surface area contributed by atoms with E-state index in [1.54, 1.807) is 29.8 Å². The molecular formula is C22H14N6OS. The lowest BCUT2D eigenvalue weighted by Crippen LogP contribution is -1.84. The molecule has 5 aromatic heterocycles. The van der Waals surface area contributed by atoms with Gasteiger partial charge >= 0.3 is 0 Å². The van der Waals surface area contributed by atoms with Gasteiger partial charge in [-0.2, -0.15) is 5.10 Å². The molecule has 0 radical (unpaired) electrons. The monoisotopic (exact) mass is 410 g/mol. The van der Waals surface area contributed by atoms with Gasteiger partial charge in [-0.3, -0.25) is 15.1 Å². The molecule has 0 saturated heterocycles. The van der Waals surface area contributed by atoms with Gasteiger partial charge in [0.1, 0.15) is 22.7 Å². The molecule has 0 fully saturated rings. The third kappa shape index (κ3) is 2.66. The number of pyridine rings is 2. The van der Waals surface area contributed by atoms with Crippen LogP contribution < -0.4 is 0 Å². The Kier molecular flexibility index (Phi) is 3.65. The number of aromatic nitrogens is 6. The van der Waals surface area contributed by atoms with Crippen LogP contribution in [0.4, 0.5) is 0 Å². The molecule has 6 aromatic rings. The van der Waals surface area contributed by atoms with Crippen LogP contribution in [0.2, 0.25) is 0 Å². The maximum Gasteiger partial charge on any atom is 0.159 e. The number of hydrogen-bond donors (Lipinski definition) is 3. The second-order valence-corrected chi connectivity index (χ2v) is 7.83. The highest BCUT2D eigenvalue weighted by Gasteiger charge is 2.16. The number of aromatic hydroxyl groups is 1. The molecule has 144 valence electrons. The molecule has 0 aliphatic carbocycles. The van der Waals surface area contributed by atoms with Crippen LogP contribution >= 0.6 is 11.3 Å². The number of imidazole rings is 1. The van der Waals surface area contributed by atoms with E-state index in [2.05, 4.69) is 25.1 Å². The van der Waals surface area contributed by atoms with Crippen molar-refractivity contribution in [2.75, 3.05) is 0 Å². The van der Waals surface area contributed by atoms with E-state index >= 15 is 0 Å². The quantitative estimate of drug-likeness (QED) is 0.381. The average molecular weight is 410 g/mol. The van der Waals surface area contributed by atoms with Crippen LogP contribution in [0.1, 0.15) is 0 Å². The Morgan fingerprint density at radius 2 is 1.90 bits per heavy atom. The lowest BCUT2D eigenvalue weighted by molar-refractivity contribution is 0.473. The Balaban J connectivity index is 1.52. The molecule has 6 rings (SSSR count). The van der Waals surface area contributed by atoms with Crippen molar-refractivity contribution in [3.05, 3.63) is 66.4 Å². The molecule has 0 spiro atoms. The normalized spacial score (nSPS) is 11.5. The highest BCUT2D eigenvalue weighted by atomic mass is 32.1. The molecule has 0 bridgehead atoms. The SMILES string of the molecule is Oc1cncc(-c2ccc3[nH]nc(-c4nc5c(-c6cccs6)nccc5[nH]4)c3c2)c1. The molecule has 1 aromatic carbocycles. The van der Waals surface area contributed by atoms with Crippen molar-refractivity contribution in [2.24, 2.45) is 0 Å². The Labute approximate surface area is 174 Å². The summed E-state index contributed by atoms with van der Waals surface area (Å²) in [7, 11) is 0. The summed E-state index contributed by atoms with van der Waals surface area (Å²) in [6.45, 7) is 0. The minimum atomic E-state index is 0.130. The third-order valence-electron chi connectivity index (χ3n) is 5.00. The van der Waals surface area contributed by atoms with Gasteiger partial charge < -0.3 is 10.1 Å². The smallest absolute Gasteiger partial charge is 0.159 e. The molecule has 5 heterocycles. The zero-order valence-electron chi connectivity index (χ0n) is 15.5. The maximum absolute atomic E-state index is 9.76. The highest BCUT2D eigenvalue weighted by molar-refractivity contribution is 7.13. The van der Waals surface area contributed by atoms with E-state index in [0.717, 1.165) is 49.3 Å². The Morgan fingerprint density at radius 3 is 2.77 bits per heavy atom. The summed E-state index contributed by atoms with van der Waals surface area (Å²) < 4.78 is 0. The van der Waals surface area contributed by atoms with E-state index in [4.69, 9.17) is 4.98 Å². The van der Waals surface area contributed by atoms with Crippen LogP contribution in [-0.2, 0) is 0 Å². The zero-order valence-corrected chi connectivity index (χ0v) is 16.3. The molecule has 0 atom stereocenters. The predicted octanol–water partition coefficient (Wildman–Crippen LogP) is 5.00. The van der Waals surface area contributed by atoms with E-state index in [0.29, 0.717) is 5.82 Å². The van der Waals surface area contributed by atoms with Gasteiger partial charge in [-0.1, -0.05) is 12.1 Å². The van der Waals surface area contributed by atoms with Crippen LogP contribution in [0, 0.1) is 0 Å². The minimum Gasteiger partial charge on any atom is -0.506 e. The Hall–Kier alpha value is -4.04. The second-order valence-electron chi connectivity index (χ2n) is 6.88. The summed E-state index contributed by atoms with van der Waals surface area (Å²) in [6.07, 6.45) is 4.93. The van der Waals surface area contributed by atoms with Gasteiger partial charge in [-0.25, -0.2) is 4.98 Å². The van der Waals surface area contributed by atoms with Crippen molar-refractivity contribution in [3.8, 4) is 39.0 Å². The van der Waals surface area contributed by atoms with Gasteiger partial charge in [0.15, 0.2) is 5.82 Å². The van der Waals surface area contributed by atoms with Crippen molar-refractivity contribution in [1.82, 2.24) is 30.1 Å². The lowest BCUT2D eigenvalue weighted by atomic mass is 10.0. The topological polar surface area (TPSA) is 103 Å². The van der Waals surface area contributed by atoms with Crippen LogP contribution in [0.5, 0.6) is 5.75 Å². The number of H-pyrrole nitrogens is 2. The molecule has 30 heavy (non-hydrogen) atoms. The first-order valence-corrected chi connectivity index (χ1v) is 10.2. The van der Waals surface area contributed by atoms with E-state index < -0.39 is 0 Å². The summed E-state index contributed by atoms with van der Waals surface area (Å²) in [6, 6.07) is 13.6. The van der Waals surface area contributed by atoms with Crippen molar-refractivity contribution in [1.29, 1.82) is 0 Å². The zero-order chi connectivity index (χ0) is 20.1. The van der Waals surface area contributed by atoms with Crippen LogP contribution in [0.15, 0.2) is 66.4 Å². The molecule has 0 amide bonds. The van der Waals surface area contributed by atoms with Crippen LogP contribution in [0.25, 0.3) is 55.2 Å². The van der Waals surface area contributed by atoms with Gasteiger partial charge in [0.05, 0.1) is 22.1 Å². The number of nitrogens with one attached hydrogen (secondary N) is 2. The van der Waals surface area contributed by atoms with E-state index in [1.807, 2.05) is 41.8 Å². The Bertz CT molecular complexity index is 1520. The first kappa shape index (κ1) is 16.9. The number of thiophene rings is 1. The molecule has 0 unspecified atom stereocenters. The standard InChI is InChI=1S/C22H14N6OS/c29-14-8-13(10-23-11-14)12-3-4-16-15(9-12)19(28-27-16)22-25-17-5-6-24-21(20(17)26-22)18-2-1-7-30-18/h1-11,29H,(H,25,26)(H,27,28). The molecular weight excluding hydrogens is 396 g/mol. The lowest BCUT2D eigenvalue weighted by Gasteiger charge is -2.02. The van der Waals surface area contributed by atoms with Crippen LogP contribution in [-0.4, -0.2) is 35.2 Å². The molecule has 8 heteroatoms.